The average molecular weight is 469 g/mol. The lowest BCUT2D eigenvalue weighted by Gasteiger charge is -2.10. The molecule has 0 bridgehead atoms. The summed E-state index contributed by atoms with van der Waals surface area (Å²) in [4.78, 5) is 10.0. The molecule has 34 heavy (non-hydrogen) atoms. The molecule has 6 heteroatoms. The van der Waals surface area contributed by atoms with Crippen molar-refractivity contribution in [1.82, 2.24) is 0 Å². The number of hydrogen-bond donors (Lipinski definition) is 1. The zero-order chi connectivity index (χ0) is 25.4. The van der Waals surface area contributed by atoms with Gasteiger partial charge in [0, 0.05) is 32.0 Å². The highest BCUT2D eigenvalue weighted by molar-refractivity contribution is 5.74. The Balaban J connectivity index is 0.000000537. The molecular formula is C28H36O6. The van der Waals surface area contributed by atoms with Crippen molar-refractivity contribution in [2.24, 2.45) is 0 Å². The van der Waals surface area contributed by atoms with Crippen LogP contribution in [-0.2, 0) is 18.9 Å². The van der Waals surface area contributed by atoms with Crippen LogP contribution in [0.25, 0.3) is 0 Å². The number of carbonyl (C=O) groups is 1. The Kier molecular flexibility index (Phi) is 19.9. The first-order chi connectivity index (χ1) is 16.6. The number of terminal acetylenes is 1. The van der Waals surface area contributed by atoms with Gasteiger partial charge in [0.2, 0.25) is 12.6 Å². The highest BCUT2D eigenvalue weighted by Crippen LogP contribution is 2.10. The normalized spacial score (nSPS) is 10.5. The molecule has 1 N–H and O–H groups in total. The Labute approximate surface area is 204 Å². The molecule has 0 spiro atoms. The maximum absolute atomic E-state index is 10.0. The lowest BCUT2D eigenvalue weighted by atomic mass is 10.1. The first-order valence-electron chi connectivity index (χ1n) is 11.2. The van der Waals surface area contributed by atoms with Crippen LogP contribution in [0.15, 0.2) is 60.7 Å². The molecule has 0 amide bonds. The van der Waals surface area contributed by atoms with Crippen LogP contribution in [0.5, 0.6) is 0 Å². The number of aliphatic hydroxyl groups is 1. The highest BCUT2D eigenvalue weighted by Gasteiger charge is 2.05. The van der Waals surface area contributed by atoms with Gasteiger partial charge in [-0.05, 0) is 45.1 Å². The second-order valence-corrected chi connectivity index (χ2v) is 6.28. The van der Waals surface area contributed by atoms with Crippen molar-refractivity contribution in [2.75, 3.05) is 26.4 Å². The van der Waals surface area contributed by atoms with Crippen LogP contribution in [0.2, 0.25) is 0 Å². The van der Waals surface area contributed by atoms with Gasteiger partial charge in [-0.1, -0.05) is 66.6 Å². The molecule has 0 radical (unpaired) electrons. The van der Waals surface area contributed by atoms with E-state index >= 15 is 0 Å². The van der Waals surface area contributed by atoms with E-state index in [1.54, 1.807) is 12.1 Å². The first-order valence-corrected chi connectivity index (χ1v) is 11.2. The summed E-state index contributed by atoms with van der Waals surface area (Å²) in [5, 5.41) is 9.82. The maximum Gasteiger partial charge on any atom is 0.222 e. The van der Waals surface area contributed by atoms with Crippen molar-refractivity contribution in [3.63, 3.8) is 0 Å². The number of aldehydes is 1. The fourth-order valence-electron chi connectivity index (χ4n) is 2.28. The minimum atomic E-state index is -0.806. The summed E-state index contributed by atoms with van der Waals surface area (Å²) in [7, 11) is 0. The van der Waals surface area contributed by atoms with Gasteiger partial charge >= 0.3 is 0 Å². The van der Waals surface area contributed by atoms with Crippen LogP contribution in [-0.4, -0.2) is 50.4 Å². The molecule has 2 aromatic rings. The molecule has 0 saturated carbocycles. The SMILES string of the molecule is C#CC(OCC)OCC.CCOC(C#CC(O)c1ccccc1)OCC.O=Cc1ccccc1. The Morgan fingerprint density at radius 2 is 1.21 bits per heavy atom. The van der Waals surface area contributed by atoms with Crippen LogP contribution in [0.3, 0.4) is 0 Å². The molecule has 0 saturated heterocycles. The summed E-state index contributed by atoms with van der Waals surface area (Å²) < 4.78 is 20.5. The molecule has 0 heterocycles. The Morgan fingerprint density at radius 3 is 1.59 bits per heavy atom. The predicted octanol–water partition coefficient (Wildman–Crippen LogP) is 4.64. The average Bonchev–Trinajstić information content (AvgIpc) is 2.89. The van der Waals surface area contributed by atoms with Gasteiger partial charge in [0.15, 0.2) is 0 Å². The number of carbonyl (C=O) groups excluding carboxylic acids is 1. The van der Waals surface area contributed by atoms with Crippen LogP contribution < -0.4 is 0 Å². The van der Waals surface area contributed by atoms with Crippen LogP contribution >= 0.6 is 0 Å². The van der Waals surface area contributed by atoms with Crippen molar-refractivity contribution in [1.29, 1.82) is 0 Å². The summed E-state index contributed by atoms with van der Waals surface area (Å²) in [6.07, 6.45) is 4.05. The first kappa shape index (κ1) is 31.0. The molecule has 2 rings (SSSR count). The standard InChI is InChI=1S/C14H18O3.C7H12O2.C7H6O/c1-3-16-14(17-4-2)11-10-13(15)12-8-6-5-7-9-12;1-4-7(8-5-2)9-6-3;8-6-7-4-2-1-3-5-7/h5-9,13-15H,3-4H2,1-2H3;1,7H,5-6H2,2-3H3;1-6H. The van der Waals surface area contributed by atoms with Crippen LogP contribution in [0.1, 0.15) is 49.7 Å². The summed E-state index contributed by atoms with van der Waals surface area (Å²) in [6.45, 7) is 9.75. The third-order valence-electron chi connectivity index (χ3n) is 3.80. The lowest BCUT2D eigenvalue weighted by molar-refractivity contribution is -0.0973. The lowest BCUT2D eigenvalue weighted by Crippen LogP contribution is -2.15. The third-order valence-corrected chi connectivity index (χ3v) is 3.80. The van der Waals surface area contributed by atoms with E-state index in [1.807, 2.05) is 76.2 Å². The van der Waals surface area contributed by atoms with E-state index in [4.69, 9.17) is 25.4 Å². The van der Waals surface area contributed by atoms with E-state index in [1.165, 1.54) is 0 Å². The molecule has 2 aromatic carbocycles. The summed E-state index contributed by atoms with van der Waals surface area (Å²) in [5.74, 6) is 7.86. The maximum atomic E-state index is 10.0. The molecule has 0 aromatic heterocycles. The fourth-order valence-corrected chi connectivity index (χ4v) is 2.28. The number of aliphatic hydroxyl groups excluding tert-OH is 1. The highest BCUT2D eigenvalue weighted by atomic mass is 16.7. The predicted molar refractivity (Wildman–Crippen MR) is 134 cm³/mol. The van der Waals surface area contributed by atoms with Gasteiger partial charge in [-0.25, -0.2) is 0 Å². The quantitative estimate of drug-likeness (QED) is 0.311. The van der Waals surface area contributed by atoms with Gasteiger partial charge < -0.3 is 24.1 Å². The van der Waals surface area contributed by atoms with Gasteiger partial charge in [-0.15, -0.1) is 6.42 Å². The van der Waals surface area contributed by atoms with E-state index in [2.05, 4.69) is 17.8 Å². The molecule has 0 aliphatic rings. The van der Waals surface area contributed by atoms with E-state index in [9.17, 15) is 9.90 Å². The fraction of sp³-hybridized carbons (Fsp3) is 0.393. The van der Waals surface area contributed by atoms with Gasteiger partial charge in [0.1, 0.15) is 12.4 Å². The third kappa shape index (κ3) is 15.8. The van der Waals surface area contributed by atoms with Gasteiger partial charge in [0.25, 0.3) is 0 Å². The minimum Gasteiger partial charge on any atom is -0.376 e. The van der Waals surface area contributed by atoms with Crippen LogP contribution in [0.4, 0.5) is 0 Å². The Hall–Kier alpha value is -2.97. The van der Waals surface area contributed by atoms with Crippen molar-refractivity contribution >= 4 is 6.29 Å². The number of benzene rings is 2. The van der Waals surface area contributed by atoms with E-state index in [0.717, 1.165) is 17.4 Å². The zero-order valence-corrected chi connectivity index (χ0v) is 20.5. The zero-order valence-electron chi connectivity index (χ0n) is 20.5. The molecule has 6 nitrogen and oxygen atoms in total. The van der Waals surface area contributed by atoms with Crippen molar-refractivity contribution in [3.05, 3.63) is 71.8 Å². The molecule has 1 atom stereocenters. The van der Waals surface area contributed by atoms with E-state index in [0.29, 0.717) is 26.4 Å². The molecule has 184 valence electrons. The van der Waals surface area contributed by atoms with Crippen molar-refractivity contribution in [2.45, 2.75) is 46.4 Å². The van der Waals surface area contributed by atoms with Crippen molar-refractivity contribution < 1.29 is 28.8 Å². The van der Waals surface area contributed by atoms with Gasteiger partial charge in [-0.3, -0.25) is 4.79 Å². The topological polar surface area (TPSA) is 74.2 Å². The monoisotopic (exact) mass is 468 g/mol. The smallest absolute Gasteiger partial charge is 0.222 e. The minimum absolute atomic E-state index is 0.458. The second-order valence-electron chi connectivity index (χ2n) is 6.28. The second kappa shape index (κ2) is 21.9. The Bertz CT molecular complexity index is 824. The molecule has 0 aliphatic carbocycles. The molecule has 0 aliphatic heterocycles. The van der Waals surface area contributed by atoms with Crippen molar-refractivity contribution in [3.8, 4) is 24.2 Å². The van der Waals surface area contributed by atoms with Gasteiger partial charge in [0.05, 0.1) is 0 Å². The molecular weight excluding hydrogens is 432 g/mol. The summed E-state index contributed by atoms with van der Waals surface area (Å²) in [5.41, 5.74) is 1.50. The number of rotatable bonds is 10. The molecule has 0 fully saturated rings. The largest absolute Gasteiger partial charge is 0.376 e. The van der Waals surface area contributed by atoms with E-state index in [-0.39, 0.29) is 0 Å². The summed E-state index contributed by atoms with van der Waals surface area (Å²) >= 11 is 0. The molecule has 1 unspecified atom stereocenters. The van der Waals surface area contributed by atoms with E-state index < -0.39 is 18.7 Å². The number of hydrogen-bond acceptors (Lipinski definition) is 6. The Morgan fingerprint density at radius 1 is 0.765 bits per heavy atom. The van der Waals surface area contributed by atoms with Crippen LogP contribution in [0, 0.1) is 24.2 Å². The van der Waals surface area contributed by atoms with Gasteiger partial charge in [-0.2, -0.15) is 0 Å². The number of ether oxygens (including phenoxy) is 4. The summed E-state index contributed by atoms with van der Waals surface area (Å²) in [6, 6.07) is 18.4.